The molecule has 11 heteroatoms. The molecule has 1 aromatic heterocycles. The molecular formula is C9H12N2O9. The molecule has 20 heavy (non-hydrogen) atoms. The molecule has 0 radical (unpaired) electrons. The highest BCUT2D eigenvalue weighted by Gasteiger charge is 2.75. The van der Waals surface area contributed by atoms with Gasteiger partial charge in [-0.05, 0) is 0 Å². The average Bonchev–Trinajstić information content (AvgIpc) is 2.47. The van der Waals surface area contributed by atoms with Crippen LogP contribution in [0.5, 0.6) is 0 Å². The fourth-order valence-corrected chi connectivity index (χ4v) is 1.87. The predicted octanol–water partition coefficient (Wildman–Crippen LogP) is -5.11. The molecular weight excluding hydrogens is 280 g/mol. The van der Waals surface area contributed by atoms with Crippen LogP contribution in [0.25, 0.3) is 0 Å². The maximum atomic E-state index is 11.5. The molecule has 7 N–H and O–H groups in total. The minimum atomic E-state index is -3.77. The van der Waals surface area contributed by atoms with Crippen molar-refractivity contribution in [3.63, 3.8) is 0 Å². The second-order valence-electron chi connectivity index (χ2n) is 4.28. The Morgan fingerprint density at radius 3 is 2.30 bits per heavy atom. The van der Waals surface area contributed by atoms with E-state index >= 15 is 0 Å². The SMILES string of the molecule is O=c1ccn([C@]2(O)O[C@H](CO)C(O)(O)C2(O)O)c(=O)[nH]1. The number of hydrogen-bond acceptors (Lipinski definition) is 9. The van der Waals surface area contributed by atoms with E-state index in [1.54, 1.807) is 4.98 Å². The molecule has 0 unspecified atom stereocenters. The zero-order chi connectivity index (χ0) is 15.3. The first-order valence-corrected chi connectivity index (χ1v) is 5.31. The third-order valence-corrected chi connectivity index (χ3v) is 3.04. The van der Waals surface area contributed by atoms with Crippen LogP contribution in [0.3, 0.4) is 0 Å². The number of nitrogens with one attached hydrogen (secondary N) is 1. The van der Waals surface area contributed by atoms with Gasteiger partial charge in [-0.25, -0.2) is 9.36 Å². The Labute approximate surface area is 109 Å². The molecule has 1 aliphatic heterocycles. The van der Waals surface area contributed by atoms with Gasteiger partial charge in [0.15, 0.2) is 0 Å². The van der Waals surface area contributed by atoms with E-state index in [0.717, 1.165) is 6.07 Å². The van der Waals surface area contributed by atoms with E-state index in [2.05, 4.69) is 4.74 Å². The lowest BCUT2D eigenvalue weighted by atomic mass is 10.0. The van der Waals surface area contributed by atoms with Gasteiger partial charge in [-0.1, -0.05) is 0 Å². The highest BCUT2D eigenvalue weighted by Crippen LogP contribution is 2.44. The van der Waals surface area contributed by atoms with E-state index in [1.807, 2.05) is 0 Å². The fourth-order valence-electron chi connectivity index (χ4n) is 1.87. The van der Waals surface area contributed by atoms with Gasteiger partial charge < -0.3 is 35.4 Å². The third kappa shape index (κ3) is 1.66. The summed E-state index contributed by atoms with van der Waals surface area (Å²) >= 11 is 0. The van der Waals surface area contributed by atoms with Gasteiger partial charge in [0.25, 0.3) is 17.1 Å². The number of aromatic nitrogens is 2. The minimum Gasteiger partial charge on any atom is -0.393 e. The van der Waals surface area contributed by atoms with Crippen LogP contribution in [-0.2, 0) is 10.6 Å². The van der Waals surface area contributed by atoms with Gasteiger partial charge in [0.2, 0.25) is 0 Å². The summed E-state index contributed by atoms with van der Waals surface area (Å²) in [7, 11) is 0. The molecule has 0 aliphatic carbocycles. The first-order valence-electron chi connectivity index (χ1n) is 5.31. The molecule has 0 amide bonds. The van der Waals surface area contributed by atoms with Crippen LogP contribution < -0.4 is 11.2 Å². The van der Waals surface area contributed by atoms with E-state index in [0.29, 0.717) is 6.20 Å². The summed E-state index contributed by atoms with van der Waals surface area (Å²) in [5, 5.41) is 57.5. The molecule has 2 atom stereocenters. The lowest BCUT2D eigenvalue weighted by Gasteiger charge is -2.35. The van der Waals surface area contributed by atoms with Crippen molar-refractivity contribution in [2.24, 2.45) is 0 Å². The van der Waals surface area contributed by atoms with Gasteiger partial charge >= 0.3 is 11.6 Å². The van der Waals surface area contributed by atoms with Crippen LogP contribution in [0.15, 0.2) is 21.9 Å². The summed E-state index contributed by atoms with van der Waals surface area (Å²) in [6.45, 7) is -1.10. The molecule has 0 saturated carbocycles. The van der Waals surface area contributed by atoms with Crippen molar-refractivity contribution < 1.29 is 35.4 Å². The number of aliphatic hydroxyl groups excluding tert-OH is 1. The molecule has 11 nitrogen and oxygen atoms in total. The van der Waals surface area contributed by atoms with Crippen LogP contribution in [0.2, 0.25) is 0 Å². The normalized spacial score (nSPS) is 31.4. The highest BCUT2D eigenvalue weighted by atomic mass is 16.8. The number of aromatic amines is 1. The monoisotopic (exact) mass is 292 g/mol. The van der Waals surface area contributed by atoms with Crippen molar-refractivity contribution in [2.45, 2.75) is 23.6 Å². The number of aliphatic hydroxyl groups is 6. The van der Waals surface area contributed by atoms with E-state index in [9.17, 15) is 35.1 Å². The summed E-state index contributed by atoms with van der Waals surface area (Å²) in [5.74, 6) is -10.6. The van der Waals surface area contributed by atoms with Gasteiger partial charge in [-0.2, -0.15) is 0 Å². The number of ether oxygens (including phenoxy) is 1. The summed E-state index contributed by atoms with van der Waals surface area (Å²) < 4.78 is 4.71. The van der Waals surface area contributed by atoms with Crippen molar-refractivity contribution in [3.05, 3.63) is 33.1 Å². The van der Waals surface area contributed by atoms with Crippen molar-refractivity contribution in [1.29, 1.82) is 0 Å². The van der Waals surface area contributed by atoms with Gasteiger partial charge in [-0.3, -0.25) is 9.78 Å². The number of rotatable bonds is 2. The topological polar surface area (TPSA) is 185 Å². The maximum Gasteiger partial charge on any atom is 0.332 e. The molecule has 1 aliphatic rings. The molecule has 1 aromatic rings. The molecule has 1 saturated heterocycles. The molecule has 2 rings (SSSR count). The lowest BCUT2D eigenvalue weighted by Crippen LogP contribution is -2.66. The van der Waals surface area contributed by atoms with Crippen LogP contribution in [0, 0.1) is 0 Å². The Morgan fingerprint density at radius 2 is 1.85 bits per heavy atom. The minimum absolute atomic E-state index is 0.130. The Hall–Kier alpha value is -1.60. The molecule has 0 spiro atoms. The molecule has 1 fully saturated rings. The Bertz CT molecular complexity index is 633. The quantitative estimate of drug-likeness (QED) is 0.262. The smallest absolute Gasteiger partial charge is 0.332 e. The summed E-state index contributed by atoms with van der Waals surface area (Å²) in [4.78, 5) is 24.2. The summed E-state index contributed by atoms with van der Waals surface area (Å²) in [6, 6.07) is 0.751. The zero-order valence-electron chi connectivity index (χ0n) is 9.79. The van der Waals surface area contributed by atoms with E-state index in [-0.39, 0.29) is 4.57 Å². The van der Waals surface area contributed by atoms with Gasteiger partial charge in [0, 0.05) is 12.3 Å². The standard InChI is InChI=1S/C9H12N2O9/c12-3-4-7(15,16)8(17,18)9(19,20-4)11-2-1-5(13)10-6(11)14/h1-2,4,12,15-19H,3H2,(H,10,13,14)/t4-,9-/m1/s1. The fraction of sp³-hybridized carbons (Fsp3) is 0.556. The van der Waals surface area contributed by atoms with E-state index in [4.69, 9.17) is 5.11 Å². The Kier molecular flexibility index (Phi) is 3.10. The third-order valence-electron chi connectivity index (χ3n) is 3.04. The van der Waals surface area contributed by atoms with Crippen molar-refractivity contribution in [1.82, 2.24) is 9.55 Å². The second kappa shape index (κ2) is 4.20. The van der Waals surface area contributed by atoms with Crippen molar-refractivity contribution in [3.8, 4) is 0 Å². The molecule has 0 aromatic carbocycles. The maximum absolute atomic E-state index is 11.5. The Balaban J connectivity index is 2.66. The van der Waals surface area contributed by atoms with Crippen LogP contribution >= 0.6 is 0 Å². The molecule has 2 heterocycles. The molecule has 112 valence electrons. The number of nitrogens with zero attached hydrogens (tertiary/aromatic N) is 1. The van der Waals surface area contributed by atoms with Crippen molar-refractivity contribution >= 4 is 0 Å². The van der Waals surface area contributed by atoms with Gasteiger partial charge in [0.05, 0.1) is 6.61 Å². The van der Waals surface area contributed by atoms with E-state index in [1.165, 1.54) is 0 Å². The van der Waals surface area contributed by atoms with Crippen LogP contribution in [-0.4, -0.2) is 64.5 Å². The first-order chi connectivity index (χ1) is 9.08. The highest BCUT2D eigenvalue weighted by molar-refractivity contribution is 5.05. The second-order valence-corrected chi connectivity index (χ2v) is 4.28. The first kappa shape index (κ1) is 14.8. The van der Waals surface area contributed by atoms with Crippen molar-refractivity contribution in [2.75, 3.05) is 6.61 Å². The van der Waals surface area contributed by atoms with Crippen LogP contribution in [0.1, 0.15) is 0 Å². The largest absolute Gasteiger partial charge is 0.393 e. The number of hydrogen-bond donors (Lipinski definition) is 7. The lowest BCUT2D eigenvalue weighted by molar-refractivity contribution is -0.425. The van der Waals surface area contributed by atoms with Crippen LogP contribution in [0.4, 0.5) is 0 Å². The molecule has 0 bridgehead atoms. The average molecular weight is 292 g/mol. The van der Waals surface area contributed by atoms with Gasteiger partial charge in [0.1, 0.15) is 6.10 Å². The predicted molar refractivity (Wildman–Crippen MR) is 57.8 cm³/mol. The summed E-state index contributed by atoms with van der Waals surface area (Å²) in [5.41, 5.74) is -2.14. The zero-order valence-corrected chi connectivity index (χ0v) is 9.79. The van der Waals surface area contributed by atoms with E-state index < -0.39 is 41.4 Å². The Morgan fingerprint density at radius 1 is 1.25 bits per heavy atom. The number of H-pyrrole nitrogens is 1. The summed E-state index contributed by atoms with van der Waals surface area (Å²) in [6.07, 6.45) is -1.38. The van der Waals surface area contributed by atoms with Gasteiger partial charge in [-0.15, -0.1) is 0 Å².